The van der Waals surface area contributed by atoms with Crippen LogP contribution in [0.5, 0.6) is 0 Å². The Balaban J connectivity index is 2.56. The number of nitrogens with two attached hydrogens (primary N) is 1. The lowest BCUT2D eigenvalue weighted by Crippen LogP contribution is -2.44. The summed E-state index contributed by atoms with van der Waals surface area (Å²) in [7, 11) is -6.98. The van der Waals surface area contributed by atoms with Crippen LogP contribution in [0, 0.1) is 5.92 Å². The number of halogens is 1. The predicted molar refractivity (Wildman–Crippen MR) is 68.1 cm³/mol. The highest BCUT2D eigenvalue weighted by atomic mass is 79.9. The summed E-state index contributed by atoms with van der Waals surface area (Å²) >= 11 is 2.94. The quantitative estimate of drug-likeness (QED) is 0.631. The fraction of sp³-hybridized carbons (Fsp3) is 1.00. The molecule has 0 aromatic carbocycles. The summed E-state index contributed by atoms with van der Waals surface area (Å²) in [5.74, 6) is -0.0316. The minimum Gasteiger partial charge on any atom is -0.216 e. The lowest BCUT2D eigenvalue weighted by molar-refractivity contribution is 0.268. The van der Waals surface area contributed by atoms with Crippen LogP contribution in [-0.4, -0.2) is 45.4 Å². The maximum Gasteiger partial charge on any atom is 0.274 e. The zero-order chi connectivity index (χ0) is 13.1. The normalized spacial score (nSPS) is 23.8. The molecule has 0 saturated carbocycles. The Morgan fingerprint density at radius 1 is 1.35 bits per heavy atom. The minimum atomic E-state index is -3.71. The Morgan fingerprint density at radius 3 is 2.53 bits per heavy atom. The molecule has 3 N–H and O–H groups in total. The fourth-order valence-corrected chi connectivity index (χ4v) is 4.07. The average Bonchev–Trinajstić information content (AvgIpc) is 2.26. The number of hydrogen-bond acceptors (Lipinski definition) is 4. The first-order chi connectivity index (χ1) is 7.74. The van der Waals surface area contributed by atoms with Gasteiger partial charge in [0, 0.05) is 19.6 Å². The van der Waals surface area contributed by atoms with Crippen LogP contribution >= 0.6 is 15.9 Å². The Morgan fingerprint density at radius 2 is 2.00 bits per heavy atom. The zero-order valence-electron chi connectivity index (χ0n) is 9.17. The summed E-state index contributed by atoms with van der Waals surface area (Å²) in [6, 6.07) is 0. The van der Waals surface area contributed by atoms with Gasteiger partial charge in [-0.05, 0) is 18.8 Å². The van der Waals surface area contributed by atoms with Crippen LogP contribution in [0.3, 0.4) is 0 Å². The first kappa shape index (κ1) is 15.3. The van der Waals surface area contributed by atoms with Gasteiger partial charge >= 0.3 is 0 Å². The molecule has 0 amide bonds. The molecule has 7 nitrogen and oxygen atoms in total. The van der Waals surface area contributed by atoms with Crippen molar-refractivity contribution >= 4 is 36.2 Å². The first-order valence-corrected chi connectivity index (χ1v) is 9.33. The van der Waals surface area contributed by atoms with Gasteiger partial charge in [0.1, 0.15) is 4.66 Å². The van der Waals surface area contributed by atoms with Crippen LogP contribution in [0.4, 0.5) is 0 Å². The van der Waals surface area contributed by atoms with Gasteiger partial charge in [-0.1, -0.05) is 15.9 Å². The van der Waals surface area contributed by atoms with Crippen molar-refractivity contribution < 1.29 is 16.8 Å². The summed E-state index contributed by atoms with van der Waals surface area (Å²) in [6.45, 7) is 0.989. The minimum absolute atomic E-state index is 0.0316. The van der Waals surface area contributed by atoms with Crippen LogP contribution in [0.15, 0.2) is 0 Å². The molecule has 10 heteroatoms. The standard InChI is InChI=1S/C7H16BrN3O4S2/c8-6-16(12,13)11-3-1-2-7(5-11)4-10-17(9,14)15/h7,10H,1-6H2,(H2,9,14,15). The Kier molecular flexibility index (Phi) is 5.35. The van der Waals surface area contributed by atoms with Crippen molar-refractivity contribution in [3.63, 3.8) is 0 Å². The highest BCUT2D eigenvalue weighted by Gasteiger charge is 2.28. The second-order valence-corrected chi connectivity index (χ2v) is 8.63. The molecule has 1 heterocycles. The molecule has 17 heavy (non-hydrogen) atoms. The summed E-state index contributed by atoms with van der Waals surface area (Å²) in [4.78, 5) is 0. The van der Waals surface area contributed by atoms with Crippen LogP contribution in [0.1, 0.15) is 12.8 Å². The van der Waals surface area contributed by atoms with E-state index in [4.69, 9.17) is 5.14 Å². The molecule has 1 saturated heterocycles. The van der Waals surface area contributed by atoms with Crippen molar-refractivity contribution in [2.45, 2.75) is 12.8 Å². The van der Waals surface area contributed by atoms with E-state index in [1.807, 2.05) is 0 Å². The number of alkyl halides is 1. The Labute approximate surface area is 110 Å². The number of nitrogens with one attached hydrogen (secondary N) is 1. The van der Waals surface area contributed by atoms with Gasteiger partial charge in [-0.15, -0.1) is 0 Å². The van der Waals surface area contributed by atoms with Gasteiger partial charge in [-0.25, -0.2) is 22.6 Å². The van der Waals surface area contributed by atoms with Crippen LogP contribution in [0.2, 0.25) is 0 Å². The molecular weight excluding hydrogens is 334 g/mol. The number of nitrogens with zero attached hydrogens (tertiary/aromatic N) is 1. The lowest BCUT2D eigenvalue weighted by Gasteiger charge is -2.31. The molecule has 0 aromatic heterocycles. The molecule has 0 radical (unpaired) electrons. The largest absolute Gasteiger partial charge is 0.274 e. The van der Waals surface area contributed by atoms with Gasteiger partial charge in [0.15, 0.2) is 0 Å². The number of hydrogen-bond donors (Lipinski definition) is 2. The molecule has 1 aliphatic heterocycles. The van der Waals surface area contributed by atoms with Gasteiger partial charge in [0.05, 0.1) is 0 Å². The van der Waals surface area contributed by atoms with Crippen molar-refractivity contribution in [3.8, 4) is 0 Å². The summed E-state index contributed by atoms with van der Waals surface area (Å²) in [5, 5.41) is 4.82. The Bertz CT molecular complexity index is 450. The van der Waals surface area contributed by atoms with Crippen molar-refractivity contribution in [2.24, 2.45) is 11.1 Å². The maximum atomic E-state index is 11.6. The number of rotatable bonds is 5. The molecule has 0 aromatic rings. The van der Waals surface area contributed by atoms with Crippen molar-refractivity contribution in [1.82, 2.24) is 9.03 Å². The highest BCUT2D eigenvalue weighted by molar-refractivity contribution is 9.10. The second-order valence-electron chi connectivity index (χ2n) is 3.98. The molecule has 1 atom stereocenters. The van der Waals surface area contributed by atoms with E-state index in [2.05, 4.69) is 20.7 Å². The van der Waals surface area contributed by atoms with Crippen LogP contribution < -0.4 is 9.86 Å². The molecule has 1 fully saturated rings. The van der Waals surface area contributed by atoms with Crippen molar-refractivity contribution in [3.05, 3.63) is 0 Å². The van der Waals surface area contributed by atoms with Gasteiger partial charge in [-0.2, -0.15) is 8.42 Å². The molecule has 0 spiro atoms. The molecular formula is C7H16BrN3O4S2. The van der Waals surface area contributed by atoms with E-state index in [-0.39, 0.29) is 17.1 Å². The molecule has 102 valence electrons. The third-order valence-corrected chi connectivity index (χ3v) is 6.29. The molecule has 1 rings (SSSR count). The number of piperidine rings is 1. The predicted octanol–water partition coefficient (Wildman–Crippen LogP) is -0.826. The van der Waals surface area contributed by atoms with E-state index in [9.17, 15) is 16.8 Å². The molecule has 1 unspecified atom stereocenters. The SMILES string of the molecule is NS(=O)(=O)NCC1CCCN(S(=O)(=O)CBr)C1. The van der Waals surface area contributed by atoms with E-state index in [0.717, 1.165) is 12.8 Å². The molecule has 0 bridgehead atoms. The topological polar surface area (TPSA) is 110 Å². The third-order valence-electron chi connectivity index (χ3n) is 2.59. The van der Waals surface area contributed by atoms with Gasteiger partial charge < -0.3 is 0 Å². The average molecular weight is 350 g/mol. The van der Waals surface area contributed by atoms with E-state index < -0.39 is 20.2 Å². The van der Waals surface area contributed by atoms with Gasteiger partial charge in [-0.3, -0.25) is 0 Å². The Hall–Kier alpha value is 0.260. The maximum absolute atomic E-state index is 11.6. The summed E-state index contributed by atoms with van der Waals surface area (Å²) in [5.41, 5.74) is 0. The van der Waals surface area contributed by atoms with E-state index in [1.54, 1.807) is 0 Å². The van der Waals surface area contributed by atoms with Crippen molar-refractivity contribution in [1.29, 1.82) is 0 Å². The van der Waals surface area contributed by atoms with E-state index in [1.165, 1.54) is 4.31 Å². The third kappa shape index (κ3) is 5.18. The number of sulfonamides is 1. The highest BCUT2D eigenvalue weighted by Crippen LogP contribution is 2.19. The molecule has 0 aliphatic carbocycles. The van der Waals surface area contributed by atoms with Crippen LogP contribution in [-0.2, 0) is 20.2 Å². The molecule has 1 aliphatic rings. The van der Waals surface area contributed by atoms with Gasteiger partial charge in [0.25, 0.3) is 10.2 Å². The van der Waals surface area contributed by atoms with Crippen molar-refractivity contribution in [2.75, 3.05) is 24.3 Å². The monoisotopic (exact) mass is 349 g/mol. The van der Waals surface area contributed by atoms with E-state index >= 15 is 0 Å². The van der Waals surface area contributed by atoms with Gasteiger partial charge in [0.2, 0.25) is 10.0 Å². The van der Waals surface area contributed by atoms with E-state index in [0.29, 0.717) is 13.1 Å². The van der Waals surface area contributed by atoms with Crippen LogP contribution in [0.25, 0.3) is 0 Å². The summed E-state index contributed by atoms with van der Waals surface area (Å²) in [6.07, 6.45) is 1.51. The zero-order valence-corrected chi connectivity index (χ0v) is 12.4. The first-order valence-electron chi connectivity index (χ1n) is 5.06. The second kappa shape index (κ2) is 5.93. The fourth-order valence-electron chi connectivity index (χ4n) is 1.75. The summed E-state index contributed by atoms with van der Waals surface area (Å²) < 4.78 is 48.2. The lowest BCUT2D eigenvalue weighted by atomic mass is 10.0. The smallest absolute Gasteiger partial charge is 0.216 e.